The molecular weight excluding hydrogens is 170 g/mol. The number of aromatic nitrogens is 1. The van der Waals surface area contributed by atoms with E-state index >= 15 is 0 Å². The van der Waals surface area contributed by atoms with Crippen LogP contribution in [0.2, 0.25) is 0 Å². The molecule has 1 aromatic heterocycles. The molecule has 10 heavy (non-hydrogen) atoms. The zero-order valence-electron chi connectivity index (χ0n) is 5.85. The molecule has 0 aliphatic rings. The normalized spacial score (nSPS) is 10.3. The number of rotatable bonds is 2. The maximum absolute atomic E-state index is 5.50. The molecule has 1 rings (SSSR count). The van der Waals surface area contributed by atoms with Crippen LogP contribution in [0.3, 0.4) is 0 Å². The van der Waals surface area contributed by atoms with Crippen molar-refractivity contribution in [2.24, 2.45) is 0 Å². The summed E-state index contributed by atoms with van der Waals surface area (Å²) in [6, 6.07) is 0. The summed E-state index contributed by atoms with van der Waals surface area (Å²) in [6.07, 6.45) is 1.95. The van der Waals surface area contributed by atoms with Gasteiger partial charge in [0.15, 0.2) is 5.09 Å². The highest BCUT2D eigenvalue weighted by Gasteiger charge is 2.05. The Hall–Kier alpha value is -0.150. The van der Waals surface area contributed by atoms with Crippen molar-refractivity contribution in [2.45, 2.75) is 17.9 Å². The van der Waals surface area contributed by atoms with E-state index in [4.69, 9.17) is 16.0 Å². The summed E-state index contributed by atoms with van der Waals surface area (Å²) in [5, 5.41) is 0.857. The number of nitrogens with zero attached hydrogens (tertiary/aromatic N) is 1. The van der Waals surface area contributed by atoms with Gasteiger partial charge in [0, 0.05) is 0 Å². The van der Waals surface area contributed by atoms with E-state index in [1.165, 1.54) is 0 Å². The molecule has 0 fully saturated rings. The second kappa shape index (κ2) is 3.30. The fraction of sp³-hybridized carbons (Fsp3) is 0.500. The van der Waals surface area contributed by atoms with E-state index in [-0.39, 0.29) is 0 Å². The van der Waals surface area contributed by atoms with Gasteiger partial charge < -0.3 is 4.42 Å². The van der Waals surface area contributed by atoms with Crippen molar-refractivity contribution < 1.29 is 4.42 Å². The van der Waals surface area contributed by atoms with E-state index in [1.807, 2.05) is 13.2 Å². The Morgan fingerprint density at radius 1 is 1.70 bits per heavy atom. The maximum atomic E-state index is 5.50. The Kier molecular flexibility index (Phi) is 2.63. The zero-order chi connectivity index (χ0) is 7.56. The summed E-state index contributed by atoms with van der Waals surface area (Å²) in [6.45, 7) is 1.91. The van der Waals surface area contributed by atoms with Crippen molar-refractivity contribution in [3.8, 4) is 0 Å². The van der Waals surface area contributed by atoms with Gasteiger partial charge in [0.05, 0.1) is 11.6 Å². The van der Waals surface area contributed by atoms with Crippen LogP contribution in [0.5, 0.6) is 0 Å². The fourth-order valence-corrected chi connectivity index (χ4v) is 1.32. The zero-order valence-corrected chi connectivity index (χ0v) is 7.42. The molecule has 0 spiro atoms. The third kappa shape index (κ3) is 1.47. The van der Waals surface area contributed by atoms with Crippen molar-refractivity contribution in [3.05, 3.63) is 11.6 Å². The van der Waals surface area contributed by atoms with Gasteiger partial charge in [-0.2, -0.15) is 0 Å². The first kappa shape index (κ1) is 7.95. The number of aryl methyl sites for hydroxylation is 1. The summed E-state index contributed by atoms with van der Waals surface area (Å²) < 4.78 is 5.23. The minimum absolute atomic E-state index is 0.349. The second-order valence-corrected chi connectivity index (χ2v) is 2.86. The van der Waals surface area contributed by atoms with Crippen LogP contribution in [0.25, 0.3) is 0 Å². The summed E-state index contributed by atoms with van der Waals surface area (Å²) >= 11 is 7.05. The Balaban J connectivity index is 2.92. The molecule has 0 amide bonds. The first-order valence-electron chi connectivity index (χ1n) is 2.84. The van der Waals surface area contributed by atoms with Crippen LogP contribution in [0.15, 0.2) is 9.51 Å². The smallest absolute Gasteiger partial charge is 0.210 e. The Morgan fingerprint density at radius 2 is 2.40 bits per heavy atom. The Morgan fingerprint density at radius 3 is 2.70 bits per heavy atom. The monoisotopic (exact) mass is 177 g/mol. The van der Waals surface area contributed by atoms with Gasteiger partial charge >= 0.3 is 0 Å². The molecule has 0 saturated heterocycles. The van der Waals surface area contributed by atoms with E-state index in [2.05, 4.69) is 4.98 Å². The molecule has 0 atom stereocenters. The molecule has 0 unspecified atom stereocenters. The largest absolute Gasteiger partial charge is 0.433 e. The van der Waals surface area contributed by atoms with Gasteiger partial charge in [-0.05, 0) is 13.2 Å². The number of hydrogen-bond donors (Lipinski definition) is 0. The van der Waals surface area contributed by atoms with Crippen LogP contribution >= 0.6 is 23.4 Å². The van der Waals surface area contributed by atoms with Crippen LogP contribution in [-0.2, 0) is 5.88 Å². The first-order chi connectivity index (χ1) is 4.77. The number of halogens is 1. The molecule has 0 aliphatic carbocycles. The van der Waals surface area contributed by atoms with Crippen molar-refractivity contribution in [1.29, 1.82) is 0 Å². The average Bonchev–Trinajstić information content (AvgIpc) is 2.30. The predicted octanol–water partition coefficient (Wildman–Crippen LogP) is 2.44. The molecule has 2 nitrogen and oxygen atoms in total. The molecule has 1 heterocycles. The topological polar surface area (TPSA) is 26.0 Å². The van der Waals surface area contributed by atoms with Crippen molar-refractivity contribution in [2.75, 3.05) is 6.26 Å². The van der Waals surface area contributed by atoms with E-state index < -0.39 is 0 Å². The van der Waals surface area contributed by atoms with Gasteiger partial charge in [-0.1, -0.05) is 11.8 Å². The van der Waals surface area contributed by atoms with E-state index in [9.17, 15) is 0 Å². The molecular formula is C6H8ClNOS. The third-order valence-electron chi connectivity index (χ3n) is 1.10. The summed E-state index contributed by atoms with van der Waals surface area (Å²) in [7, 11) is 0. The minimum atomic E-state index is 0.349. The molecule has 0 aliphatic heterocycles. The maximum Gasteiger partial charge on any atom is 0.210 e. The quantitative estimate of drug-likeness (QED) is 0.513. The lowest BCUT2D eigenvalue weighted by molar-refractivity contribution is 0.436. The molecule has 0 saturated carbocycles. The SMILES string of the molecule is CSc1oc(CCl)nc1C. The van der Waals surface area contributed by atoms with Gasteiger partial charge in [0.25, 0.3) is 0 Å². The summed E-state index contributed by atoms with van der Waals surface area (Å²) in [4.78, 5) is 4.08. The van der Waals surface area contributed by atoms with Gasteiger partial charge in [-0.15, -0.1) is 11.6 Å². The first-order valence-corrected chi connectivity index (χ1v) is 4.60. The number of thioether (sulfide) groups is 1. The third-order valence-corrected chi connectivity index (χ3v) is 2.08. The van der Waals surface area contributed by atoms with Crippen LogP contribution in [0.1, 0.15) is 11.6 Å². The lowest BCUT2D eigenvalue weighted by atomic mass is 10.6. The standard InChI is InChI=1S/C6H8ClNOS/c1-4-6(10-2)9-5(3-7)8-4/h3H2,1-2H3. The molecule has 0 N–H and O–H groups in total. The molecule has 0 radical (unpaired) electrons. The summed E-state index contributed by atoms with van der Waals surface area (Å²) in [5.41, 5.74) is 0.920. The van der Waals surface area contributed by atoms with Crippen molar-refractivity contribution >= 4 is 23.4 Å². The van der Waals surface area contributed by atoms with E-state index in [0.717, 1.165) is 10.8 Å². The van der Waals surface area contributed by atoms with Crippen LogP contribution in [0, 0.1) is 6.92 Å². The summed E-state index contributed by atoms with van der Waals surface area (Å²) in [5.74, 6) is 0.949. The molecule has 1 aromatic rings. The van der Waals surface area contributed by atoms with Crippen molar-refractivity contribution in [3.63, 3.8) is 0 Å². The fourth-order valence-electron chi connectivity index (χ4n) is 0.683. The molecule has 0 bridgehead atoms. The highest BCUT2D eigenvalue weighted by Crippen LogP contribution is 2.21. The molecule has 0 aromatic carbocycles. The van der Waals surface area contributed by atoms with Gasteiger partial charge in [-0.3, -0.25) is 0 Å². The minimum Gasteiger partial charge on any atom is -0.433 e. The van der Waals surface area contributed by atoms with Crippen LogP contribution in [-0.4, -0.2) is 11.2 Å². The highest BCUT2D eigenvalue weighted by molar-refractivity contribution is 7.98. The Bertz CT molecular complexity index is 224. The van der Waals surface area contributed by atoms with Gasteiger partial charge in [0.2, 0.25) is 5.89 Å². The van der Waals surface area contributed by atoms with Gasteiger partial charge in [0.1, 0.15) is 0 Å². The number of oxazole rings is 1. The predicted molar refractivity (Wildman–Crippen MR) is 42.6 cm³/mol. The lowest BCUT2D eigenvalue weighted by Gasteiger charge is -1.85. The second-order valence-electron chi connectivity index (χ2n) is 1.82. The lowest BCUT2D eigenvalue weighted by Crippen LogP contribution is -1.75. The van der Waals surface area contributed by atoms with E-state index in [1.54, 1.807) is 11.8 Å². The van der Waals surface area contributed by atoms with Crippen LogP contribution < -0.4 is 0 Å². The van der Waals surface area contributed by atoms with Crippen LogP contribution in [0.4, 0.5) is 0 Å². The number of alkyl halides is 1. The number of hydrogen-bond acceptors (Lipinski definition) is 3. The molecule has 4 heteroatoms. The van der Waals surface area contributed by atoms with Crippen molar-refractivity contribution in [1.82, 2.24) is 4.98 Å². The Labute approximate surface area is 69.0 Å². The van der Waals surface area contributed by atoms with E-state index in [0.29, 0.717) is 11.8 Å². The van der Waals surface area contributed by atoms with Gasteiger partial charge in [-0.25, -0.2) is 4.98 Å². The average molecular weight is 178 g/mol. The highest BCUT2D eigenvalue weighted by atomic mass is 35.5. The molecule has 56 valence electrons.